The number of anilines is 2. The summed E-state index contributed by atoms with van der Waals surface area (Å²) in [5.74, 6) is 2.50. The van der Waals surface area contributed by atoms with Crippen molar-refractivity contribution in [3.63, 3.8) is 0 Å². The lowest BCUT2D eigenvalue weighted by Crippen LogP contribution is -2.48. The van der Waals surface area contributed by atoms with E-state index in [1.807, 2.05) is 65.6 Å². The van der Waals surface area contributed by atoms with E-state index in [1.165, 1.54) is 91.2 Å². The van der Waals surface area contributed by atoms with Crippen molar-refractivity contribution in [1.82, 2.24) is 39.1 Å². The summed E-state index contributed by atoms with van der Waals surface area (Å²) in [6.45, 7) is 14.6. The Hall–Kier alpha value is -5.67. The van der Waals surface area contributed by atoms with Gasteiger partial charge >= 0.3 is 11.5 Å². The summed E-state index contributed by atoms with van der Waals surface area (Å²) in [7, 11) is 0. The Kier molecular flexibility index (Phi) is 15.3. The van der Waals surface area contributed by atoms with Crippen LogP contribution in [0.2, 0.25) is 0 Å². The molecule has 4 aromatic carbocycles. The monoisotopic (exact) mass is 955 g/mol. The average Bonchev–Trinajstić information content (AvgIpc) is 3.73. The average molecular weight is 956 g/mol. The zero-order valence-electron chi connectivity index (χ0n) is 39.9. The second-order valence-corrected chi connectivity index (χ2v) is 19.5. The molecular formula is C54H67ClN10O4. The van der Waals surface area contributed by atoms with Crippen LogP contribution >= 0.6 is 11.6 Å². The Morgan fingerprint density at radius 3 is 1.49 bits per heavy atom. The molecule has 0 radical (unpaired) electrons. The van der Waals surface area contributed by atoms with Crippen molar-refractivity contribution in [1.29, 1.82) is 0 Å². The van der Waals surface area contributed by atoms with Crippen LogP contribution in [0.15, 0.2) is 97.1 Å². The molecule has 2 saturated heterocycles. The number of aromatic nitrogens is 4. The van der Waals surface area contributed by atoms with E-state index in [2.05, 4.69) is 75.2 Å². The minimum atomic E-state index is -0.770. The Balaban J connectivity index is 0.000000137. The number of benzene rings is 4. The van der Waals surface area contributed by atoms with Crippen LogP contribution in [0.5, 0.6) is 0 Å². The van der Waals surface area contributed by atoms with Gasteiger partial charge in [-0.2, -0.15) is 0 Å². The number of rotatable bonds is 8. The first-order valence-electron chi connectivity index (χ1n) is 25.4. The maximum Gasteiger partial charge on any atom is 0.410 e. The summed E-state index contributed by atoms with van der Waals surface area (Å²) in [4.78, 5) is 44.7. The van der Waals surface area contributed by atoms with Crippen molar-refractivity contribution < 1.29 is 19.1 Å². The lowest BCUT2D eigenvalue weighted by Gasteiger charge is -2.36. The molecule has 12 rings (SSSR count). The highest BCUT2D eigenvalue weighted by Gasteiger charge is 2.29. The third-order valence-corrected chi connectivity index (χ3v) is 15.2. The molecule has 0 spiro atoms. The third kappa shape index (κ3) is 11.5. The number of carbonyl (C=O) groups excluding carboxylic acids is 2. The van der Waals surface area contributed by atoms with Crippen molar-refractivity contribution in [3.05, 3.63) is 120 Å². The molecule has 2 aliphatic carbocycles. The molecule has 14 nitrogen and oxygen atoms in total. The normalized spacial score (nSPS) is 19.1. The number of hydrogen-bond donors (Lipinski definition) is 1. The predicted molar refractivity (Wildman–Crippen MR) is 273 cm³/mol. The topological polar surface area (TPSA) is 116 Å². The quantitative estimate of drug-likeness (QED) is 0.149. The van der Waals surface area contributed by atoms with E-state index in [-0.39, 0.29) is 12.7 Å². The molecule has 2 saturated carbocycles. The minimum Gasteiger partial charge on any atom is -0.449 e. The van der Waals surface area contributed by atoms with E-state index < -0.39 is 5.43 Å². The molecular weight excluding hydrogens is 888 g/mol. The van der Waals surface area contributed by atoms with Crippen molar-refractivity contribution in [3.8, 4) is 0 Å². The van der Waals surface area contributed by atoms with E-state index in [1.54, 1.807) is 0 Å². The molecule has 6 aliphatic rings. The van der Waals surface area contributed by atoms with Gasteiger partial charge in [-0.15, -0.1) is 0 Å². The Morgan fingerprint density at radius 1 is 0.551 bits per heavy atom. The number of ether oxygens (including phenoxy) is 2. The fourth-order valence-electron chi connectivity index (χ4n) is 10.6. The zero-order valence-corrected chi connectivity index (χ0v) is 40.7. The molecule has 364 valence electrons. The first-order valence-corrected chi connectivity index (χ1v) is 25.8. The number of imidazole rings is 2. The number of nitrogens with zero attached hydrogens (tertiary/aromatic N) is 9. The third-order valence-electron chi connectivity index (χ3n) is 15.1. The molecule has 6 aromatic rings. The summed E-state index contributed by atoms with van der Waals surface area (Å²) < 4.78 is 15.0. The number of piperazine rings is 2. The fourth-order valence-corrected chi connectivity index (χ4v) is 10.7. The largest absolute Gasteiger partial charge is 0.449 e. The highest BCUT2D eigenvalue weighted by molar-refractivity contribution is 6.61. The molecule has 2 aromatic heterocycles. The van der Waals surface area contributed by atoms with Crippen molar-refractivity contribution in [2.45, 2.75) is 89.8 Å². The van der Waals surface area contributed by atoms with Gasteiger partial charge in [0.25, 0.3) is 0 Å². The standard InChI is InChI=1S/C27H33N5O2.C19H27N5.C8H7ClO2/c33-27(34-20-21-5-2-1-3-6-21)31-15-13-30(14-16-31)23-9-10-25-24(19-23)28-26-11-12-29(17-18-32(25)26)22-7-4-8-22;1-2-15(3-1)22-9-6-19-21-17-14-16(23-10-7-20-8-11-23)4-5-18(17)24(19)13-12-22;9-8(10)11-6-7-4-2-1-3-5-7/h1-3,5-6,9-10,19,22H,4,7-8,11-18,20H2;4-5,14-15,20H,1-3,6-13H2;1-5H,6H2. The zero-order chi connectivity index (χ0) is 46.9. The van der Waals surface area contributed by atoms with Gasteiger partial charge in [-0.1, -0.05) is 73.5 Å². The van der Waals surface area contributed by atoms with Crippen molar-refractivity contribution in [2.75, 3.05) is 88.3 Å². The first-order chi connectivity index (χ1) is 33.9. The van der Waals surface area contributed by atoms with Gasteiger partial charge in [-0.25, -0.2) is 19.6 Å². The van der Waals surface area contributed by atoms with Crippen molar-refractivity contribution >= 4 is 56.6 Å². The Morgan fingerprint density at radius 2 is 1.03 bits per heavy atom. The van der Waals surface area contributed by atoms with E-state index in [0.29, 0.717) is 19.7 Å². The number of amides is 1. The van der Waals surface area contributed by atoms with Crippen LogP contribution in [0, 0.1) is 0 Å². The van der Waals surface area contributed by atoms with E-state index in [9.17, 15) is 9.59 Å². The van der Waals surface area contributed by atoms with E-state index in [4.69, 9.17) is 26.3 Å². The van der Waals surface area contributed by atoms with Crippen molar-refractivity contribution in [2.24, 2.45) is 0 Å². The molecule has 0 bridgehead atoms. The molecule has 69 heavy (non-hydrogen) atoms. The first kappa shape index (κ1) is 47.0. The van der Waals surface area contributed by atoms with Crippen LogP contribution in [0.4, 0.5) is 21.0 Å². The van der Waals surface area contributed by atoms with Crippen LogP contribution < -0.4 is 15.1 Å². The summed E-state index contributed by atoms with van der Waals surface area (Å²) in [6.07, 6.45) is 10.2. The Labute approximate surface area is 411 Å². The van der Waals surface area contributed by atoms with Gasteiger partial charge in [0, 0.05) is 140 Å². The molecule has 1 N–H and O–H groups in total. The van der Waals surface area contributed by atoms with E-state index in [0.717, 1.165) is 107 Å². The molecule has 0 atom stereocenters. The predicted octanol–water partition coefficient (Wildman–Crippen LogP) is 8.32. The lowest BCUT2D eigenvalue weighted by atomic mass is 9.91. The van der Waals surface area contributed by atoms with Crippen LogP contribution in [0.3, 0.4) is 0 Å². The van der Waals surface area contributed by atoms with E-state index >= 15 is 0 Å². The van der Waals surface area contributed by atoms with Crippen LogP contribution in [0.1, 0.15) is 61.3 Å². The summed E-state index contributed by atoms with van der Waals surface area (Å²) in [5.41, 5.74) is 8.53. The maximum atomic E-state index is 12.5. The molecule has 6 heterocycles. The highest BCUT2D eigenvalue weighted by Crippen LogP contribution is 2.31. The maximum absolute atomic E-state index is 12.5. The van der Waals surface area contributed by atoms with Gasteiger partial charge in [0.15, 0.2) is 0 Å². The Bertz CT molecular complexity index is 2640. The fraction of sp³-hybridized carbons (Fsp3) is 0.481. The van der Waals surface area contributed by atoms with Gasteiger partial charge in [0.1, 0.15) is 24.9 Å². The summed E-state index contributed by atoms with van der Waals surface area (Å²) >= 11 is 4.97. The summed E-state index contributed by atoms with van der Waals surface area (Å²) in [6, 6.07) is 34.4. The smallest absolute Gasteiger partial charge is 0.410 e. The summed E-state index contributed by atoms with van der Waals surface area (Å²) in [5, 5.41) is 3.43. The molecule has 1 amide bonds. The number of carbonyl (C=O) groups is 2. The van der Waals surface area contributed by atoms with Gasteiger partial charge in [0.05, 0.1) is 22.1 Å². The number of hydrogen-bond acceptors (Lipinski definition) is 11. The SMILES string of the molecule is O=C(Cl)OCc1ccccc1.O=C(OCc1ccccc1)N1CCN(c2ccc3c(c2)nc2n3CCN(C3CCC3)CC2)CC1.c1cc2c(cc1N1CCNCC1)nc1n2CCN(C2CCC2)CC1. The lowest BCUT2D eigenvalue weighted by molar-refractivity contribution is 0.0942. The second-order valence-electron chi connectivity index (χ2n) is 19.2. The van der Waals surface area contributed by atoms with Gasteiger partial charge in [-0.3, -0.25) is 9.80 Å². The molecule has 15 heteroatoms. The number of fused-ring (bicyclic) bond motifs is 6. The van der Waals surface area contributed by atoms with Crippen LogP contribution in [-0.4, -0.2) is 136 Å². The van der Waals surface area contributed by atoms with Crippen LogP contribution in [-0.2, 0) is 48.6 Å². The highest BCUT2D eigenvalue weighted by atomic mass is 35.5. The molecule has 0 unspecified atom stereocenters. The van der Waals surface area contributed by atoms with Gasteiger partial charge < -0.3 is 38.6 Å². The minimum absolute atomic E-state index is 0.229. The number of nitrogens with one attached hydrogen (secondary N) is 1. The molecule has 4 aliphatic heterocycles. The van der Waals surface area contributed by atoms with Crippen LogP contribution in [0.25, 0.3) is 22.1 Å². The van der Waals surface area contributed by atoms with Gasteiger partial charge in [-0.05, 0) is 73.2 Å². The number of halogens is 1. The van der Waals surface area contributed by atoms with Gasteiger partial charge in [0.2, 0.25) is 0 Å². The second kappa shape index (κ2) is 22.4. The molecule has 4 fully saturated rings.